The number of rotatable bonds is 3. The fraction of sp³-hybridized carbons (Fsp3) is 0.562. The smallest absolute Gasteiger partial charge is 0.217 e. The van der Waals surface area contributed by atoms with Crippen LogP contribution in [-0.2, 0) is 14.3 Å². The van der Waals surface area contributed by atoms with Gasteiger partial charge in [-0.25, -0.2) is 0 Å². The minimum Gasteiger partial charge on any atom is -0.390 e. The van der Waals surface area contributed by atoms with Crippen LogP contribution in [0.5, 0.6) is 0 Å². The van der Waals surface area contributed by atoms with E-state index < -0.39 is 42.2 Å². The Kier molecular flexibility index (Phi) is 4.16. The van der Waals surface area contributed by atoms with Crippen LogP contribution in [0.25, 0.3) is 0 Å². The molecule has 3 rings (SSSR count). The Morgan fingerprint density at radius 2 is 1.96 bits per heavy atom. The quantitative estimate of drug-likeness (QED) is 0.575. The molecular weight excluding hydrogens is 302 g/mol. The van der Waals surface area contributed by atoms with Crippen LogP contribution >= 0.6 is 0 Å². The first kappa shape index (κ1) is 16.4. The van der Waals surface area contributed by atoms with Crippen molar-refractivity contribution in [3.63, 3.8) is 0 Å². The van der Waals surface area contributed by atoms with Gasteiger partial charge in [-0.15, -0.1) is 0 Å². The molecule has 1 saturated carbocycles. The van der Waals surface area contributed by atoms with Gasteiger partial charge in [0.1, 0.15) is 23.9 Å². The second-order valence-electron chi connectivity index (χ2n) is 6.10. The molecule has 0 bridgehead atoms. The number of methoxy groups -OCH3 is 1. The molecular formula is C16H21NO6. The number of benzene rings is 1. The molecule has 126 valence electrons. The molecule has 7 heteroatoms. The summed E-state index contributed by atoms with van der Waals surface area (Å²) in [4.78, 5) is 11.4. The molecule has 1 saturated heterocycles. The van der Waals surface area contributed by atoms with Crippen LogP contribution in [0.1, 0.15) is 18.4 Å². The van der Waals surface area contributed by atoms with Crippen molar-refractivity contribution in [2.24, 2.45) is 0 Å². The van der Waals surface area contributed by atoms with Gasteiger partial charge in [0.2, 0.25) is 5.91 Å². The summed E-state index contributed by atoms with van der Waals surface area (Å²) >= 11 is 0. The average Bonchev–Trinajstić information content (AvgIpc) is 2.53. The van der Waals surface area contributed by atoms with Crippen molar-refractivity contribution in [1.29, 1.82) is 0 Å². The van der Waals surface area contributed by atoms with Crippen LogP contribution in [0, 0.1) is 0 Å². The molecule has 2 unspecified atom stereocenters. The Labute approximate surface area is 133 Å². The molecule has 4 N–H and O–H groups in total. The maximum atomic E-state index is 11.4. The molecule has 2 fully saturated rings. The molecule has 1 aromatic rings. The van der Waals surface area contributed by atoms with E-state index in [0.717, 1.165) is 0 Å². The minimum absolute atomic E-state index is 0.377. The van der Waals surface area contributed by atoms with E-state index in [2.05, 4.69) is 5.32 Å². The highest BCUT2D eigenvalue weighted by Crippen LogP contribution is 2.53. The third kappa shape index (κ3) is 2.36. The highest BCUT2D eigenvalue weighted by Gasteiger charge is 2.71. The van der Waals surface area contributed by atoms with Gasteiger partial charge in [-0.1, -0.05) is 30.3 Å². The third-order valence-corrected chi connectivity index (χ3v) is 4.75. The van der Waals surface area contributed by atoms with Gasteiger partial charge >= 0.3 is 0 Å². The van der Waals surface area contributed by atoms with Crippen LogP contribution in [0.2, 0.25) is 0 Å². The molecule has 1 amide bonds. The van der Waals surface area contributed by atoms with Gasteiger partial charge in [-0.3, -0.25) is 4.79 Å². The highest BCUT2D eigenvalue weighted by atomic mass is 16.7. The zero-order valence-corrected chi connectivity index (χ0v) is 12.9. The minimum atomic E-state index is -1.71. The zero-order valence-electron chi connectivity index (χ0n) is 12.9. The monoisotopic (exact) mass is 323 g/mol. The summed E-state index contributed by atoms with van der Waals surface area (Å²) in [6, 6.07) is 8.01. The summed E-state index contributed by atoms with van der Waals surface area (Å²) in [7, 11) is 1.37. The summed E-state index contributed by atoms with van der Waals surface area (Å²) in [6.07, 6.45) is -4.26. The van der Waals surface area contributed by atoms with E-state index in [9.17, 15) is 20.1 Å². The third-order valence-electron chi connectivity index (χ3n) is 4.75. The molecule has 7 nitrogen and oxygen atoms in total. The van der Waals surface area contributed by atoms with Crippen LogP contribution in [0.4, 0.5) is 0 Å². The molecule has 2 aliphatic rings. The fourth-order valence-corrected chi connectivity index (χ4v) is 3.70. The van der Waals surface area contributed by atoms with Gasteiger partial charge in [-0.2, -0.15) is 0 Å². The summed E-state index contributed by atoms with van der Waals surface area (Å²) in [5, 5.41) is 34.6. The average molecular weight is 323 g/mol. The number of hydrogen-bond acceptors (Lipinski definition) is 6. The Hall–Kier alpha value is -1.51. The molecule has 0 aromatic heterocycles. The number of amides is 1. The number of nitrogens with one attached hydrogen (secondary N) is 1. The molecule has 7 atom stereocenters. The van der Waals surface area contributed by atoms with E-state index >= 15 is 0 Å². The van der Waals surface area contributed by atoms with E-state index in [0.29, 0.717) is 5.56 Å². The lowest BCUT2D eigenvalue weighted by molar-refractivity contribution is -0.364. The SMILES string of the molecule is CO[C@H]1O[C@@H]2C(O)C(c3ccccc3)[C@]2(O)[C@@H](O)[C@H]1NC(C)=O. The van der Waals surface area contributed by atoms with Crippen LogP contribution in [0.15, 0.2) is 30.3 Å². The van der Waals surface area contributed by atoms with Crippen molar-refractivity contribution >= 4 is 5.91 Å². The van der Waals surface area contributed by atoms with Crippen LogP contribution in [0.3, 0.4) is 0 Å². The lowest BCUT2D eigenvalue weighted by Gasteiger charge is -2.62. The van der Waals surface area contributed by atoms with Gasteiger partial charge in [0.25, 0.3) is 0 Å². The topological polar surface area (TPSA) is 108 Å². The molecule has 1 aliphatic heterocycles. The van der Waals surface area contributed by atoms with E-state index in [4.69, 9.17) is 9.47 Å². The molecule has 1 heterocycles. The Morgan fingerprint density at radius 1 is 1.30 bits per heavy atom. The first-order valence-electron chi connectivity index (χ1n) is 7.50. The standard InChI is InChI=1S/C16H21NO6/c1-8(18)17-11-13(20)16(21)10(9-6-4-3-5-7-9)12(19)14(16)23-15(11)22-2/h3-7,10-15,19-21H,1-2H3,(H,17,18)/t10?,11-,12?,13+,14-,15+,16+/m1/s1. The number of fused-ring (bicyclic) bond motifs is 1. The summed E-state index contributed by atoms with van der Waals surface area (Å²) in [6.45, 7) is 1.31. The van der Waals surface area contributed by atoms with Gasteiger partial charge < -0.3 is 30.1 Å². The van der Waals surface area contributed by atoms with Crippen molar-refractivity contribution in [2.75, 3.05) is 7.11 Å². The molecule has 23 heavy (non-hydrogen) atoms. The zero-order chi connectivity index (χ0) is 16.8. The number of carbonyl (C=O) groups excluding carboxylic acids is 1. The summed E-state index contributed by atoms with van der Waals surface area (Å²) < 4.78 is 10.7. The number of aliphatic hydroxyl groups is 3. The number of hydrogen-bond donors (Lipinski definition) is 4. The van der Waals surface area contributed by atoms with E-state index in [1.165, 1.54) is 14.0 Å². The Bertz CT molecular complexity index is 581. The van der Waals surface area contributed by atoms with Gasteiger partial charge in [0.05, 0.1) is 6.10 Å². The van der Waals surface area contributed by atoms with Crippen molar-refractivity contribution < 1.29 is 29.6 Å². The van der Waals surface area contributed by atoms with Gasteiger partial charge in [-0.05, 0) is 5.56 Å². The largest absolute Gasteiger partial charge is 0.390 e. The van der Waals surface area contributed by atoms with Gasteiger partial charge in [0, 0.05) is 20.0 Å². The maximum absolute atomic E-state index is 11.4. The van der Waals surface area contributed by atoms with Gasteiger partial charge in [0.15, 0.2) is 6.29 Å². The van der Waals surface area contributed by atoms with E-state index in [-0.39, 0.29) is 5.91 Å². The number of carbonyl (C=O) groups is 1. The molecule has 1 aromatic carbocycles. The fourth-order valence-electron chi connectivity index (χ4n) is 3.70. The summed E-state index contributed by atoms with van der Waals surface area (Å²) in [5.41, 5.74) is -1.01. The van der Waals surface area contributed by atoms with E-state index in [1.54, 1.807) is 24.3 Å². The van der Waals surface area contributed by atoms with Crippen molar-refractivity contribution in [2.45, 2.75) is 49.1 Å². The lowest BCUT2D eigenvalue weighted by atomic mass is 9.56. The number of ether oxygens (including phenoxy) is 2. The Balaban J connectivity index is 1.94. The van der Waals surface area contributed by atoms with Crippen molar-refractivity contribution in [3.8, 4) is 0 Å². The number of aliphatic hydroxyl groups excluding tert-OH is 2. The molecule has 0 spiro atoms. The first-order valence-corrected chi connectivity index (χ1v) is 7.50. The van der Waals surface area contributed by atoms with E-state index in [1.807, 2.05) is 6.07 Å². The highest BCUT2D eigenvalue weighted by molar-refractivity contribution is 5.73. The Morgan fingerprint density at radius 3 is 2.52 bits per heavy atom. The van der Waals surface area contributed by atoms with Crippen LogP contribution in [-0.4, -0.2) is 64.6 Å². The second kappa shape index (κ2) is 5.85. The predicted octanol–water partition coefficient (Wildman–Crippen LogP) is -0.887. The van der Waals surface area contributed by atoms with Crippen molar-refractivity contribution in [3.05, 3.63) is 35.9 Å². The predicted molar refractivity (Wildman–Crippen MR) is 79.4 cm³/mol. The lowest BCUT2D eigenvalue weighted by Crippen LogP contribution is -2.82. The second-order valence-corrected chi connectivity index (χ2v) is 6.10. The maximum Gasteiger partial charge on any atom is 0.217 e. The normalized spacial score (nSPS) is 42.5. The first-order chi connectivity index (χ1) is 10.9. The molecule has 1 aliphatic carbocycles. The molecule has 0 radical (unpaired) electrons. The summed E-state index contributed by atoms with van der Waals surface area (Å²) in [5.74, 6) is -1.09. The van der Waals surface area contributed by atoms with Crippen molar-refractivity contribution in [1.82, 2.24) is 5.32 Å². The van der Waals surface area contributed by atoms with Crippen LogP contribution < -0.4 is 5.32 Å².